The third-order valence-corrected chi connectivity index (χ3v) is 3.13. The van der Waals surface area contributed by atoms with Crippen molar-refractivity contribution in [1.82, 2.24) is 4.90 Å². The van der Waals surface area contributed by atoms with E-state index in [1.54, 1.807) is 0 Å². The van der Waals surface area contributed by atoms with E-state index in [4.69, 9.17) is 4.74 Å². The van der Waals surface area contributed by atoms with Crippen LogP contribution in [0.3, 0.4) is 0 Å². The molecule has 0 aliphatic carbocycles. The zero-order valence-electron chi connectivity index (χ0n) is 11.5. The van der Waals surface area contributed by atoms with Gasteiger partial charge in [0.1, 0.15) is 6.61 Å². The first-order valence-electron chi connectivity index (χ1n) is 6.28. The van der Waals surface area contributed by atoms with Crippen LogP contribution in [0.5, 0.6) is 0 Å². The van der Waals surface area contributed by atoms with Crippen molar-refractivity contribution in [3.8, 4) is 0 Å². The van der Waals surface area contributed by atoms with Crippen LogP contribution in [0.1, 0.15) is 46.5 Å². The van der Waals surface area contributed by atoms with E-state index >= 15 is 0 Å². The van der Waals surface area contributed by atoms with Crippen molar-refractivity contribution < 1.29 is 9.53 Å². The number of ether oxygens (including phenoxy) is 1. The van der Waals surface area contributed by atoms with Crippen LogP contribution in [0, 0.1) is 5.41 Å². The normalized spacial score (nSPS) is 14.9. The molecule has 0 spiro atoms. The minimum Gasteiger partial charge on any atom is -0.464 e. The van der Waals surface area contributed by atoms with E-state index in [0.29, 0.717) is 6.61 Å². The van der Waals surface area contributed by atoms with E-state index in [1.165, 1.54) is 0 Å². The van der Waals surface area contributed by atoms with Crippen LogP contribution in [0.2, 0.25) is 0 Å². The molecule has 96 valence electrons. The molecule has 0 saturated carbocycles. The van der Waals surface area contributed by atoms with E-state index in [-0.39, 0.29) is 11.4 Å². The first-order chi connectivity index (χ1) is 7.46. The average Bonchev–Trinajstić information content (AvgIpc) is 2.25. The topological polar surface area (TPSA) is 29.5 Å². The van der Waals surface area contributed by atoms with Gasteiger partial charge in [0.25, 0.3) is 0 Å². The molecule has 1 unspecified atom stereocenters. The van der Waals surface area contributed by atoms with Crippen molar-refractivity contribution >= 4 is 5.97 Å². The highest BCUT2D eigenvalue weighted by Crippen LogP contribution is 2.29. The first kappa shape index (κ1) is 15.4. The van der Waals surface area contributed by atoms with Gasteiger partial charge in [-0.1, -0.05) is 26.7 Å². The molecule has 3 heteroatoms. The number of nitrogens with zero attached hydrogens (tertiary/aromatic N) is 1. The van der Waals surface area contributed by atoms with Gasteiger partial charge < -0.3 is 9.64 Å². The third-order valence-electron chi connectivity index (χ3n) is 3.13. The molecule has 0 aromatic rings. The Hall–Kier alpha value is -0.570. The van der Waals surface area contributed by atoms with Crippen molar-refractivity contribution in [2.75, 3.05) is 27.2 Å². The highest BCUT2D eigenvalue weighted by Gasteiger charge is 2.32. The Labute approximate surface area is 100 Å². The highest BCUT2D eigenvalue weighted by atomic mass is 16.5. The number of carbonyl (C=O) groups excluding carboxylic acids is 1. The van der Waals surface area contributed by atoms with Crippen LogP contribution < -0.4 is 0 Å². The molecule has 0 saturated heterocycles. The van der Waals surface area contributed by atoms with Crippen LogP contribution in [0.25, 0.3) is 0 Å². The SMILES string of the molecule is CCCCC(C)(CC)C(=O)OCCN(C)C. The summed E-state index contributed by atoms with van der Waals surface area (Å²) >= 11 is 0. The number of rotatable bonds is 8. The summed E-state index contributed by atoms with van der Waals surface area (Å²) in [7, 11) is 3.95. The van der Waals surface area contributed by atoms with Crippen molar-refractivity contribution in [3.05, 3.63) is 0 Å². The lowest BCUT2D eigenvalue weighted by molar-refractivity contribution is -0.156. The van der Waals surface area contributed by atoms with Crippen LogP contribution >= 0.6 is 0 Å². The van der Waals surface area contributed by atoms with E-state index in [2.05, 4.69) is 13.8 Å². The summed E-state index contributed by atoms with van der Waals surface area (Å²) < 4.78 is 5.33. The Morgan fingerprint density at radius 1 is 1.31 bits per heavy atom. The molecule has 0 aromatic carbocycles. The maximum Gasteiger partial charge on any atom is 0.311 e. The van der Waals surface area contributed by atoms with Gasteiger partial charge in [0.2, 0.25) is 0 Å². The molecule has 16 heavy (non-hydrogen) atoms. The summed E-state index contributed by atoms with van der Waals surface area (Å²) in [6.07, 6.45) is 4.00. The molecule has 0 aromatic heterocycles. The molecule has 0 aliphatic heterocycles. The highest BCUT2D eigenvalue weighted by molar-refractivity contribution is 5.76. The van der Waals surface area contributed by atoms with Crippen molar-refractivity contribution in [2.24, 2.45) is 5.41 Å². The molecular formula is C13H27NO2. The quantitative estimate of drug-likeness (QED) is 0.599. The second kappa shape index (κ2) is 7.66. The lowest BCUT2D eigenvalue weighted by Gasteiger charge is -2.26. The van der Waals surface area contributed by atoms with E-state index in [1.807, 2.05) is 25.9 Å². The number of hydrogen-bond donors (Lipinski definition) is 0. The zero-order chi connectivity index (χ0) is 12.6. The van der Waals surface area contributed by atoms with Gasteiger partial charge in [-0.3, -0.25) is 4.79 Å². The lowest BCUT2D eigenvalue weighted by atomic mass is 9.82. The Morgan fingerprint density at radius 3 is 2.38 bits per heavy atom. The minimum atomic E-state index is -0.289. The number of esters is 1. The molecule has 0 radical (unpaired) electrons. The number of hydrogen-bond acceptors (Lipinski definition) is 3. The molecule has 1 atom stereocenters. The average molecular weight is 229 g/mol. The van der Waals surface area contributed by atoms with Crippen LogP contribution in [0.15, 0.2) is 0 Å². The number of carbonyl (C=O) groups is 1. The van der Waals surface area contributed by atoms with E-state index < -0.39 is 0 Å². The molecule has 0 amide bonds. The number of likely N-dealkylation sites (N-methyl/N-ethyl adjacent to an activating group) is 1. The van der Waals surface area contributed by atoms with Gasteiger partial charge in [0.05, 0.1) is 5.41 Å². The predicted molar refractivity (Wildman–Crippen MR) is 67.4 cm³/mol. The fourth-order valence-electron chi connectivity index (χ4n) is 1.49. The lowest BCUT2D eigenvalue weighted by Crippen LogP contribution is -2.31. The molecule has 0 heterocycles. The minimum absolute atomic E-state index is 0.0368. The maximum absolute atomic E-state index is 11.9. The van der Waals surface area contributed by atoms with E-state index in [9.17, 15) is 4.79 Å². The molecule has 0 aliphatic rings. The van der Waals surface area contributed by atoms with Gasteiger partial charge in [-0.2, -0.15) is 0 Å². The second-order valence-corrected chi connectivity index (χ2v) is 4.96. The zero-order valence-corrected chi connectivity index (χ0v) is 11.5. The summed E-state index contributed by atoms with van der Waals surface area (Å²) in [5.41, 5.74) is -0.289. The molecule has 0 fully saturated rings. The first-order valence-corrected chi connectivity index (χ1v) is 6.28. The van der Waals surface area contributed by atoms with Crippen molar-refractivity contribution in [3.63, 3.8) is 0 Å². The fourth-order valence-corrected chi connectivity index (χ4v) is 1.49. The van der Waals surface area contributed by atoms with Gasteiger partial charge in [-0.05, 0) is 33.9 Å². The van der Waals surface area contributed by atoms with Crippen LogP contribution in [-0.4, -0.2) is 38.1 Å². The molecule has 0 N–H and O–H groups in total. The molecular weight excluding hydrogens is 202 g/mol. The van der Waals surface area contributed by atoms with Gasteiger partial charge >= 0.3 is 5.97 Å². The summed E-state index contributed by atoms with van der Waals surface area (Å²) in [5.74, 6) is -0.0368. The van der Waals surface area contributed by atoms with Gasteiger partial charge in [-0.15, -0.1) is 0 Å². The Bertz CT molecular complexity index is 204. The standard InChI is InChI=1S/C13H27NO2/c1-6-8-9-13(3,7-2)12(15)16-11-10-14(4)5/h6-11H2,1-5H3. The third kappa shape index (κ3) is 5.50. The molecule has 0 rings (SSSR count). The smallest absolute Gasteiger partial charge is 0.311 e. The van der Waals surface area contributed by atoms with Crippen molar-refractivity contribution in [2.45, 2.75) is 46.5 Å². The van der Waals surface area contributed by atoms with Gasteiger partial charge in [0.15, 0.2) is 0 Å². The Morgan fingerprint density at radius 2 is 1.94 bits per heavy atom. The van der Waals surface area contributed by atoms with Crippen LogP contribution in [0.4, 0.5) is 0 Å². The summed E-state index contributed by atoms with van der Waals surface area (Å²) in [5, 5.41) is 0. The fraction of sp³-hybridized carbons (Fsp3) is 0.923. The Kier molecular flexibility index (Phi) is 7.39. The summed E-state index contributed by atoms with van der Waals surface area (Å²) in [4.78, 5) is 14.0. The maximum atomic E-state index is 11.9. The largest absolute Gasteiger partial charge is 0.464 e. The summed E-state index contributed by atoms with van der Waals surface area (Å²) in [6, 6.07) is 0. The Balaban J connectivity index is 4.08. The molecule has 0 bridgehead atoms. The van der Waals surface area contributed by atoms with Crippen LogP contribution in [-0.2, 0) is 9.53 Å². The second-order valence-electron chi connectivity index (χ2n) is 4.96. The van der Waals surface area contributed by atoms with Gasteiger partial charge in [-0.25, -0.2) is 0 Å². The monoisotopic (exact) mass is 229 g/mol. The number of unbranched alkanes of at least 4 members (excludes halogenated alkanes) is 1. The molecule has 3 nitrogen and oxygen atoms in total. The summed E-state index contributed by atoms with van der Waals surface area (Å²) in [6.45, 7) is 7.50. The van der Waals surface area contributed by atoms with E-state index in [0.717, 1.165) is 32.2 Å². The predicted octanol–water partition coefficient (Wildman–Crippen LogP) is 2.70. The van der Waals surface area contributed by atoms with Gasteiger partial charge in [0, 0.05) is 6.54 Å². The van der Waals surface area contributed by atoms with Crippen molar-refractivity contribution in [1.29, 1.82) is 0 Å².